The number of benzene rings is 1. The molecule has 1 saturated heterocycles. The van der Waals surface area contributed by atoms with E-state index in [1.54, 1.807) is 19.5 Å². The molecule has 0 N–H and O–H groups in total. The molecule has 0 radical (unpaired) electrons. The second kappa shape index (κ2) is 7.51. The number of aromatic nitrogens is 5. The van der Waals surface area contributed by atoms with Gasteiger partial charge < -0.3 is 9.64 Å². The number of nitrogens with zero attached hydrogens (tertiary/aromatic N) is 6. The molecule has 3 heterocycles. The minimum atomic E-state index is 0.512. The zero-order valence-corrected chi connectivity index (χ0v) is 14.8. The van der Waals surface area contributed by atoms with Crippen molar-refractivity contribution >= 4 is 5.95 Å². The lowest BCUT2D eigenvalue weighted by Crippen LogP contribution is -2.38. The fourth-order valence-corrected chi connectivity index (χ4v) is 3.40. The molecule has 1 atom stereocenters. The van der Waals surface area contributed by atoms with Crippen molar-refractivity contribution in [3.8, 4) is 17.0 Å². The standard InChI is InChI=1S/C19H22N6O/c1-26-17-7-5-16(6-8-17)18-14-25(23-22-18)13-15-4-2-11-24(12-15)19-20-9-3-10-21-19/h3,5-10,14-15H,2,4,11-13H2,1H3/t15-/m0/s1. The third kappa shape index (κ3) is 3.66. The van der Waals surface area contributed by atoms with Gasteiger partial charge in [0.2, 0.25) is 5.95 Å². The Kier molecular flexibility index (Phi) is 4.77. The summed E-state index contributed by atoms with van der Waals surface area (Å²) < 4.78 is 7.15. The predicted octanol–water partition coefficient (Wildman–Crippen LogP) is 2.66. The van der Waals surface area contributed by atoms with Gasteiger partial charge in [-0.15, -0.1) is 5.10 Å². The van der Waals surface area contributed by atoms with Crippen LogP contribution in [0.15, 0.2) is 48.9 Å². The molecule has 2 aromatic heterocycles. The highest BCUT2D eigenvalue weighted by Crippen LogP contribution is 2.23. The van der Waals surface area contributed by atoms with Gasteiger partial charge in [-0.3, -0.25) is 4.68 Å². The first-order chi connectivity index (χ1) is 12.8. The summed E-state index contributed by atoms with van der Waals surface area (Å²) in [6.45, 7) is 2.81. The number of anilines is 1. The van der Waals surface area contributed by atoms with E-state index >= 15 is 0 Å². The van der Waals surface area contributed by atoms with Crippen molar-refractivity contribution in [2.75, 3.05) is 25.1 Å². The summed E-state index contributed by atoms with van der Waals surface area (Å²) in [4.78, 5) is 11.0. The van der Waals surface area contributed by atoms with Gasteiger partial charge >= 0.3 is 0 Å². The van der Waals surface area contributed by atoms with Crippen LogP contribution in [0, 0.1) is 5.92 Å². The van der Waals surface area contributed by atoms with Crippen LogP contribution in [0.5, 0.6) is 5.75 Å². The number of rotatable bonds is 5. The number of piperidine rings is 1. The van der Waals surface area contributed by atoms with Crippen LogP contribution < -0.4 is 9.64 Å². The molecule has 1 aromatic carbocycles. The van der Waals surface area contributed by atoms with Gasteiger partial charge in [-0.2, -0.15) is 0 Å². The van der Waals surface area contributed by atoms with Crippen LogP contribution >= 0.6 is 0 Å². The van der Waals surface area contributed by atoms with Crippen molar-refractivity contribution in [1.82, 2.24) is 25.0 Å². The maximum absolute atomic E-state index is 5.20. The van der Waals surface area contributed by atoms with Gasteiger partial charge in [0, 0.05) is 37.6 Å². The largest absolute Gasteiger partial charge is 0.497 e. The van der Waals surface area contributed by atoms with Gasteiger partial charge in [-0.05, 0) is 49.1 Å². The zero-order valence-electron chi connectivity index (χ0n) is 14.8. The molecular weight excluding hydrogens is 328 g/mol. The molecule has 7 nitrogen and oxygen atoms in total. The minimum absolute atomic E-state index is 0.512. The highest BCUT2D eigenvalue weighted by Gasteiger charge is 2.22. The Labute approximate surface area is 152 Å². The Balaban J connectivity index is 1.42. The van der Waals surface area contributed by atoms with Crippen molar-refractivity contribution < 1.29 is 4.74 Å². The second-order valence-electron chi connectivity index (χ2n) is 6.56. The molecule has 26 heavy (non-hydrogen) atoms. The molecule has 0 unspecified atom stereocenters. The van der Waals surface area contributed by atoms with Crippen LogP contribution in [-0.4, -0.2) is 45.2 Å². The van der Waals surface area contributed by atoms with E-state index in [0.717, 1.165) is 49.0 Å². The molecule has 1 aliphatic heterocycles. The average molecular weight is 350 g/mol. The van der Waals surface area contributed by atoms with Crippen LogP contribution in [0.4, 0.5) is 5.95 Å². The van der Waals surface area contributed by atoms with Gasteiger partial charge in [0.05, 0.1) is 13.3 Å². The van der Waals surface area contributed by atoms with E-state index in [2.05, 4.69) is 25.2 Å². The molecule has 0 amide bonds. The van der Waals surface area contributed by atoms with E-state index in [1.807, 2.05) is 41.2 Å². The molecule has 0 aliphatic carbocycles. The molecule has 0 saturated carbocycles. The summed E-state index contributed by atoms with van der Waals surface area (Å²) in [5.41, 5.74) is 1.92. The topological polar surface area (TPSA) is 69.0 Å². The fraction of sp³-hybridized carbons (Fsp3) is 0.368. The van der Waals surface area contributed by atoms with Crippen LogP contribution in [0.2, 0.25) is 0 Å². The van der Waals surface area contributed by atoms with Crippen molar-refractivity contribution in [2.24, 2.45) is 5.92 Å². The molecule has 4 rings (SSSR count). The van der Waals surface area contributed by atoms with Gasteiger partial charge in [0.15, 0.2) is 0 Å². The Morgan fingerprint density at radius 1 is 1.15 bits per heavy atom. The van der Waals surface area contributed by atoms with Crippen molar-refractivity contribution in [3.63, 3.8) is 0 Å². The molecule has 1 aliphatic rings. The van der Waals surface area contributed by atoms with Gasteiger partial charge in [0.25, 0.3) is 0 Å². The summed E-state index contributed by atoms with van der Waals surface area (Å²) in [6, 6.07) is 9.73. The number of hydrogen-bond acceptors (Lipinski definition) is 6. The fourth-order valence-electron chi connectivity index (χ4n) is 3.40. The minimum Gasteiger partial charge on any atom is -0.497 e. The second-order valence-corrected chi connectivity index (χ2v) is 6.56. The summed E-state index contributed by atoms with van der Waals surface area (Å²) in [5, 5.41) is 8.63. The highest BCUT2D eigenvalue weighted by atomic mass is 16.5. The maximum Gasteiger partial charge on any atom is 0.225 e. The van der Waals surface area contributed by atoms with Crippen molar-refractivity contribution in [3.05, 3.63) is 48.9 Å². The smallest absolute Gasteiger partial charge is 0.225 e. The van der Waals surface area contributed by atoms with E-state index < -0.39 is 0 Å². The first-order valence-corrected chi connectivity index (χ1v) is 8.88. The third-order valence-electron chi connectivity index (χ3n) is 4.72. The lowest BCUT2D eigenvalue weighted by Gasteiger charge is -2.32. The van der Waals surface area contributed by atoms with Gasteiger partial charge in [0.1, 0.15) is 11.4 Å². The molecule has 0 bridgehead atoms. The van der Waals surface area contributed by atoms with E-state index in [4.69, 9.17) is 4.74 Å². The van der Waals surface area contributed by atoms with Gasteiger partial charge in [-0.1, -0.05) is 5.21 Å². The van der Waals surface area contributed by atoms with E-state index in [9.17, 15) is 0 Å². The zero-order chi connectivity index (χ0) is 17.8. The summed E-state index contributed by atoms with van der Waals surface area (Å²) >= 11 is 0. The lowest BCUT2D eigenvalue weighted by atomic mass is 9.98. The Bertz CT molecular complexity index is 833. The van der Waals surface area contributed by atoms with Crippen LogP contribution in [0.3, 0.4) is 0 Å². The molecule has 0 spiro atoms. The first kappa shape index (κ1) is 16.5. The predicted molar refractivity (Wildman–Crippen MR) is 99.0 cm³/mol. The molecule has 7 heteroatoms. The van der Waals surface area contributed by atoms with E-state index in [0.29, 0.717) is 5.92 Å². The molecule has 1 fully saturated rings. The van der Waals surface area contributed by atoms with Crippen LogP contribution in [-0.2, 0) is 6.54 Å². The lowest BCUT2D eigenvalue weighted by molar-refractivity contribution is 0.346. The van der Waals surface area contributed by atoms with Crippen LogP contribution in [0.1, 0.15) is 12.8 Å². The number of ether oxygens (including phenoxy) is 1. The number of hydrogen-bond donors (Lipinski definition) is 0. The Hall–Kier alpha value is -2.96. The van der Waals surface area contributed by atoms with Gasteiger partial charge in [-0.25, -0.2) is 9.97 Å². The monoisotopic (exact) mass is 350 g/mol. The highest BCUT2D eigenvalue weighted by molar-refractivity contribution is 5.58. The molecule has 3 aromatic rings. The van der Waals surface area contributed by atoms with E-state index in [-0.39, 0.29) is 0 Å². The van der Waals surface area contributed by atoms with Crippen molar-refractivity contribution in [1.29, 1.82) is 0 Å². The summed E-state index contributed by atoms with van der Waals surface area (Å²) in [5.74, 6) is 2.17. The SMILES string of the molecule is COc1ccc(-c2cn(C[C@H]3CCCN(c4ncccn4)C3)nn2)cc1. The number of methoxy groups -OCH3 is 1. The first-order valence-electron chi connectivity index (χ1n) is 8.88. The van der Waals surface area contributed by atoms with Crippen LogP contribution in [0.25, 0.3) is 11.3 Å². The van der Waals surface area contributed by atoms with Crippen molar-refractivity contribution in [2.45, 2.75) is 19.4 Å². The Morgan fingerprint density at radius 2 is 1.96 bits per heavy atom. The average Bonchev–Trinajstić information content (AvgIpc) is 3.17. The normalized spacial score (nSPS) is 17.3. The summed E-state index contributed by atoms with van der Waals surface area (Å²) in [6.07, 6.45) is 7.93. The molecular formula is C19H22N6O. The summed E-state index contributed by atoms with van der Waals surface area (Å²) in [7, 11) is 1.67. The quantitative estimate of drug-likeness (QED) is 0.705. The Morgan fingerprint density at radius 3 is 2.73 bits per heavy atom. The maximum atomic E-state index is 5.20. The van der Waals surface area contributed by atoms with E-state index in [1.165, 1.54) is 6.42 Å². The third-order valence-corrected chi connectivity index (χ3v) is 4.72. The molecule has 134 valence electrons.